The summed E-state index contributed by atoms with van der Waals surface area (Å²) < 4.78 is 4.09. The monoisotopic (exact) mass is 202 g/mol. The zero-order valence-corrected chi connectivity index (χ0v) is 7.52. The molecule has 0 bridgehead atoms. The summed E-state index contributed by atoms with van der Waals surface area (Å²) in [6.07, 6.45) is -1.56. The third-order valence-electron chi connectivity index (χ3n) is 1.27. The molecule has 0 heterocycles. The van der Waals surface area contributed by atoms with Gasteiger partial charge in [0.2, 0.25) is 0 Å². The minimum Gasteiger partial charge on any atom is -0.473 e. The van der Waals surface area contributed by atoms with Gasteiger partial charge in [-0.3, -0.25) is 4.79 Å². The van der Waals surface area contributed by atoms with Crippen molar-refractivity contribution >= 4 is 17.7 Å². The number of aliphatic hydroxyl groups is 1. The number of ketones is 1. The Labute approximate surface area is 79.8 Å². The van der Waals surface area contributed by atoms with E-state index in [2.05, 4.69) is 11.3 Å². The van der Waals surface area contributed by atoms with Gasteiger partial charge in [-0.25, -0.2) is 9.59 Å². The number of hydrogen-bond acceptors (Lipinski definition) is 5. The average Bonchev–Trinajstić information content (AvgIpc) is 2.11. The number of hydrogen-bond donors (Lipinski definition) is 2. The van der Waals surface area contributed by atoms with Crippen LogP contribution in [0, 0.1) is 0 Å². The molecule has 0 spiro atoms. The van der Waals surface area contributed by atoms with Crippen LogP contribution in [0.15, 0.2) is 12.2 Å². The van der Waals surface area contributed by atoms with Crippen molar-refractivity contribution < 1.29 is 29.3 Å². The topological polar surface area (TPSA) is 101 Å². The first kappa shape index (κ1) is 12.3. The smallest absolute Gasteiger partial charge is 0.417 e. The number of carbonyl (C=O) groups excluding carboxylic acids is 2. The second kappa shape index (κ2) is 5.13. The summed E-state index contributed by atoms with van der Waals surface area (Å²) in [5.74, 6) is -3.98. The van der Waals surface area contributed by atoms with Crippen LogP contribution in [0.2, 0.25) is 0 Å². The first-order valence-corrected chi connectivity index (χ1v) is 3.64. The average molecular weight is 202 g/mol. The first-order chi connectivity index (χ1) is 6.36. The SMILES string of the molecule is C=C(C)C(=O)C(O)COC(=O)C(=O)O. The number of aliphatic carboxylic acids is 1. The standard InChI is InChI=1S/C8H10O6/c1-4(2)6(10)5(9)3-14-8(13)7(11)12/h5,9H,1,3H2,2H3,(H,11,12). The van der Waals surface area contributed by atoms with Crippen molar-refractivity contribution in [1.82, 2.24) is 0 Å². The van der Waals surface area contributed by atoms with Crippen molar-refractivity contribution in [2.75, 3.05) is 6.61 Å². The second-order valence-electron chi connectivity index (χ2n) is 2.56. The van der Waals surface area contributed by atoms with Crippen molar-refractivity contribution in [1.29, 1.82) is 0 Å². The van der Waals surface area contributed by atoms with Gasteiger partial charge >= 0.3 is 11.9 Å². The summed E-state index contributed by atoms with van der Waals surface area (Å²) in [6.45, 7) is 3.97. The Morgan fingerprint density at radius 2 is 1.93 bits per heavy atom. The highest BCUT2D eigenvalue weighted by molar-refractivity contribution is 6.28. The Morgan fingerprint density at radius 1 is 1.43 bits per heavy atom. The molecule has 0 aromatic heterocycles. The minimum absolute atomic E-state index is 0.101. The Balaban J connectivity index is 4.03. The predicted molar refractivity (Wildman–Crippen MR) is 44.4 cm³/mol. The van der Waals surface area contributed by atoms with E-state index in [9.17, 15) is 14.4 Å². The molecule has 0 radical (unpaired) electrons. The van der Waals surface area contributed by atoms with E-state index in [1.807, 2.05) is 0 Å². The number of carboxylic acid groups (broad SMARTS) is 1. The van der Waals surface area contributed by atoms with Crippen LogP contribution in [-0.2, 0) is 19.1 Å². The quantitative estimate of drug-likeness (QED) is 0.349. The maximum atomic E-state index is 10.9. The summed E-state index contributed by atoms with van der Waals surface area (Å²) >= 11 is 0. The molecule has 0 fully saturated rings. The number of esters is 1. The zero-order chi connectivity index (χ0) is 11.3. The minimum atomic E-state index is -1.78. The summed E-state index contributed by atoms with van der Waals surface area (Å²) in [5.41, 5.74) is 0.101. The van der Waals surface area contributed by atoms with E-state index in [-0.39, 0.29) is 5.57 Å². The van der Waals surface area contributed by atoms with Gasteiger partial charge in [0.05, 0.1) is 0 Å². The number of Topliss-reactive ketones (excluding diaryl/α,β-unsaturated/α-hetero) is 1. The maximum Gasteiger partial charge on any atom is 0.417 e. The van der Waals surface area contributed by atoms with Crippen molar-refractivity contribution in [2.45, 2.75) is 13.0 Å². The molecule has 1 unspecified atom stereocenters. The zero-order valence-electron chi connectivity index (χ0n) is 7.52. The number of ether oxygens (including phenoxy) is 1. The first-order valence-electron chi connectivity index (χ1n) is 3.64. The van der Waals surface area contributed by atoms with E-state index >= 15 is 0 Å². The van der Waals surface area contributed by atoms with E-state index in [4.69, 9.17) is 10.2 Å². The third-order valence-corrected chi connectivity index (χ3v) is 1.27. The molecular weight excluding hydrogens is 192 g/mol. The van der Waals surface area contributed by atoms with Gasteiger partial charge in [0.15, 0.2) is 11.9 Å². The van der Waals surface area contributed by atoms with Crippen LogP contribution in [0.4, 0.5) is 0 Å². The van der Waals surface area contributed by atoms with Crippen LogP contribution in [0.1, 0.15) is 6.92 Å². The fourth-order valence-electron chi connectivity index (χ4n) is 0.576. The van der Waals surface area contributed by atoms with Gasteiger partial charge in [0.25, 0.3) is 0 Å². The molecule has 0 aliphatic heterocycles. The van der Waals surface area contributed by atoms with Crippen molar-refractivity contribution in [3.8, 4) is 0 Å². The maximum absolute atomic E-state index is 10.9. The van der Waals surface area contributed by atoms with Crippen LogP contribution >= 0.6 is 0 Å². The third kappa shape index (κ3) is 3.81. The molecular formula is C8H10O6. The normalized spacial score (nSPS) is 11.6. The molecule has 0 aliphatic rings. The van der Waals surface area contributed by atoms with Gasteiger partial charge in [-0.2, -0.15) is 0 Å². The molecule has 0 saturated heterocycles. The molecule has 6 heteroatoms. The molecule has 2 N–H and O–H groups in total. The van der Waals surface area contributed by atoms with Gasteiger partial charge in [-0.15, -0.1) is 0 Å². The largest absolute Gasteiger partial charge is 0.473 e. The number of rotatable bonds is 4. The molecule has 1 atom stereocenters. The van der Waals surface area contributed by atoms with Crippen LogP contribution in [0.5, 0.6) is 0 Å². The van der Waals surface area contributed by atoms with Gasteiger partial charge in [0, 0.05) is 0 Å². The predicted octanol–water partition coefficient (Wildman–Crippen LogP) is -0.880. The van der Waals surface area contributed by atoms with Crippen LogP contribution in [0.25, 0.3) is 0 Å². The van der Waals surface area contributed by atoms with E-state index in [1.165, 1.54) is 6.92 Å². The Morgan fingerprint density at radius 3 is 2.29 bits per heavy atom. The molecule has 0 aromatic carbocycles. The molecule has 0 aliphatic carbocycles. The number of aliphatic hydroxyl groups excluding tert-OH is 1. The number of carboxylic acids is 1. The molecule has 0 rings (SSSR count). The lowest BCUT2D eigenvalue weighted by molar-refractivity contribution is -0.166. The summed E-state index contributed by atoms with van der Waals surface area (Å²) in [5, 5.41) is 17.1. The van der Waals surface area contributed by atoms with Crippen molar-refractivity contribution in [3.05, 3.63) is 12.2 Å². The summed E-state index contributed by atoms with van der Waals surface area (Å²) in [4.78, 5) is 31.3. The summed E-state index contributed by atoms with van der Waals surface area (Å²) in [6, 6.07) is 0. The van der Waals surface area contributed by atoms with Crippen molar-refractivity contribution in [2.24, 2.45) is 0 Å². The molecule has 14 heavy (non-hydrogen) atoms. The lowest BCUT2D eigenvalue weighted by atomic mass is 10.1. The Bertz CT molecular complexity index is 280. The Hall–Kier alpha value is -1.69. The van der Waals surface area contributed by atoms with E-state index in [0.29, 0.717) is 0 Å². The van der Waals surface area contributed by atoms with Crippen LogP contribution in [-0.4, -0.2) is 40.6 Å². The second-order valence-corrected chi connectivity index (χ2v) is 2.56. The molecule has 0 aromatic rings. The van der Waals surface area contributed by atoms with Gasteiger partial charge in [-0.05, 0) is 12.5 Å². The van der Waals surface area contributed by atoms with E-state index < -0.39 is 30.4 Å². The van der Waals surface area contributed by atoms with Crippen LogP contribution < -0.4 is 0 Å². The highest BCUT2D eigenvalue weighted by atomic mass is 16.6. The van der Waals surface area contributed by atoms with Gasteiger partial charge in [-0.1, -0.05) is 6.58 Å². The van der Waals surface area contributed by atoms with Crippen molar-refractivity contribution in [3.63, 3.8) is 0 Å². The van der Waals surface area contributed by atoms with Gasteiger partial charge in [0.1, 0.15) is 6.61 Å². The lowest BCUT2D eigenvalue weighted by Gasteiger charge is -2.08. The molecule has 78 valence electrons. The van der Waals surface area contributed by atoms with Crippen LogP contribution in [0.3, 0.4) is 0 Å². The van der Waals surface area contributed by atoms with Gasteiger partial charge < -0.3 is 14.9 Å². The molecule has 6 nitrogen and oxygen atoms in total. The molecule has 0 amide bonds. The fourth-order valence-corrected chi connectivity index (χ4v) is 0.576. The lowest BCUT2D eigenvalue weighted by Crippen LogP contribution is -2.29. The van der Waals surface area contributed by atoms with E-state index in [0.717, 1.165) is 0 Å². The number of carbonyl (C=O) groups is 3. The Kier molecular flexibility index (Phi) is 4.51. The van der Waals surface area contributed by atoms with E-state index in [1.54, 1.807) is 0 Å². The summed E-state index contributed by atoms with van der Waals surface area (Å²) in [7, 11) is 0. The highest BCUT2D eigenvalue weighted by Gasteiger charge is 2.20. The highest BCUT2D eigenvalue weighted by Crippen LogP contribution is 1.97. The molecule has 0 saturated carbocycles. The fraction of sp³-hybridized carbons (Fsp3) is 0.375.